The number of amides is 10. The molecule has 7 rings (SSSR count). The molecule has 3 unspecified atom stereocenters. The van der Waals surface area contributed by atoms with Crippen molar-refractivity contribution in [3.63, 3.8) is 0 Å². The van der Waals surface area contributed by atoms with Crippen LogP contribution in [-0.4, -0.2) is 192 Å². The number of benzene rings is 1. The molecule has 5 aliphatic rings. The first-order valence-corrected chi connectivity index (χ1v) is 28.2. The Kier molecular flexibility index (Phi) is 20.5. The smallest absolute Gasteiger partial charge is 0.247 e. The highest BCUT2D eigenvalue weighted by Gasteiger charge is 2.47. The van der Waals surface area contributed by atoms with Gasteiger partial charge in [-0.1, -0.05) is 34.1 Å². The fraction of sp³-hybridized carbons (Fsp3) is 0.608. The van der Waals surface area contributed by atoms with Gasteiger partial charge in [0.25, 0.3) is 0 Å². The Hall–Kier alpha value is -6.46. The number of likely N-dealkylation sites (tertiary alicyclic amines) is 1. The number of carbonyl (C=O) groups excluding carboxylic acids is 10. The number of rotatable bonds is 16. The van der Waals surface area contributed by atoms with E-state index in [1.165, 1.54) is 24.2 Å². The molecular formula is C51H73N11O15S2. The second kappa shape index (κ2) is 26.2. The van der Waals surface area contributed by atoms with E-state index in [1.54, 1.807) is 45.9 Å². The highest BCUT2D eigenvalue weighted by molar-refractivity contribution is 7.90. The normalized spacial score (nSPS) is 27.1. The molecular weight excluding hydrogens is 1070 g/mol. The van der Waals surface area contributed by atoms with Gasteiger partial charge in [0.1, 0.15) is 48.3 Å². The zero-order valence-corrected chi connectivity index (χ0v) is 46.8. The van der Waals surface area contributed by atoms with Crippen LogP contribution < -0.4 is 47.7 Å². The van der Waals surface area contributed by atoms with Gasteiger partial charge < -0.3 is 77.4 Å². The number of aromatic amines is 1. The molecule has 13 atom stereocenters. The van der Waals surface area contributed by atoms with Crippen LogP contribution in [0.4, 0.5) is 0 Å². The molecule has 1 aromatic carbocycles. The maximum Gasteiger partial charge on any atom is 0.247 e. The van der Waals surface area contributed by atoms with Gasteiger partial charge in [0, 0.05) is 71.2 Å². The highest BCUT2D eigenvalue weighted by Crippen LogP contribution is 2.33. The van der Waals surface area contributed by atoms with Crippen molar-refractivity contribution in [2.75, 3.05) is 39.1 Å². The van der Waals surface area contributed by atoms with Crippen molar-refractivity contribution in [1.82, 2.24) is 52.0 Å². The summed E-state index contributed by atoms with van der Waals surface area (Å²) in [6.45, 7) is 8.32. The van der Waals surface area contributed by atoms with Crippen molar-refractivity contribution in [1.29, 1.82) is 0 Å². The van der Waals surface area contributed by atoms with Crippen LogP contribution in [0.15, 0.2) is 35.0 Å². The number of ether oxygens (including phenoxy) is 1. The van der Waals surface area contributed by atoms with Gasteiger partial charge in [-0.2, -0.15) is 12.6 Å². The molecule has 28 heteroatoms. The van der Waals surface area contributed by atoms with Gasteiger partial charge in [-0.25, -0.2) is 0 Å². The zero-order valence-electron chi connectivity index (χ0n) is 45.1. The lowest BCUT2D eigenvalue weighted by Gasteiger charge is -2.36. The predicted octanol–water partition coefficient (Wildman–Crippen LogP) is -3.40. The van der Waals surface area contributed by atoms with Crippen molar-refractivity contribution in [3.8, 4) is 5.75 Å². The summed E-state index contributed by atoms with van der Waals surface area (Å²) in [7, 11) is 0. The van der Waals surface area contributed by atoms with Gasteiger partial charge in [0.15, 0.2) is 0 Å². The maximum atomic E-state index is 14.7. The number of primary amides is 1. The van der Waals surface area contributed by atoms with Crippen molar-refractivity contribution in [3.05, 3.63) is 35.5 Å². The van der Waals surface area contributed by atoms with E-state index in [0.717, 1.165) is 4.90 Å². The number of carbonyl (C=O) groups is 10. The third-order valence-corrected chi connectivity index (χ3v) is 16.1. The van der Waals surface area contributed by atoms with Crippen molar-refractivity contribution in [2.24, 2.45) is 23.5 Å². The lowest BCUT2D eigenvalue weighted by molar-refractivity contribution is -0.145. The molecule has 79 heavy (non-hydrogen) atoms. The summed E-state index contributed by atoms with van der Waals surface area (Å²) in [6.07, 6.45) is -0.792. The Labute approximate surface area is 464 Å². The minimum absolute atomic E-state index is 0.0157. The molecule has 434 valence electrons. The summed E-state index contributed by atoms with van der Waals surface area (Å²) >= 11 is 2.48. The van der Waals surface area contributed by atoms with Gasteiger partial charge in [-0.3, -0.25) is 52.8 Å². The van der Waals surface area contributed by atoms with E-state index >= 15 is 0 Å². The molecule has 3 fully saturated rings. The molecule has 3 saturated heterocycles. The van der Waals surface area contributed by atoms with Crippen LogP contribution in [0, 0.1) is 17.8 Å². The fourth-order valence-electron chi connectivity index (χ4n) is 10.3. The predicted molar refractivity (Wildman–Crippen MR) is 287 cm³/mol. The minimum Gasteiger partial charge on any atom is -0.610 e. The van der Waals surface area contributed by atoms with Gasteiger partial charge in [-0.05, 0) is 50.3 Å². The van der Waals surface area contributed by atoms with E-state index in [-0.39, 0.29) is 54.3 Å². The van der Waals surface area contributed by atoms with E-state index in [4.69, 9.17) is 10.5 Å². The number of imide groups is 1. The Morgan fingerprint density at radius 1 is 0.911 bits per heavy atom. The van der Waals surface area contributed by atoms with Crippen LogP contribution in [0.3, 0.4) is 0 Å². The number of thiol groups is 1. The summed E-state index contributed by atoms with van der Waals surface area (Å²) in [4.78, 5) is 141. The van der Waals surface area contributed by atoms with Crippen LogP contribution in [-0.2, 0) is 65.5 Å². The molecule has 0 radical (unpaired) electrons. The van der Waals surface area contributed by atoms with E-state index in [2.05, 4.69) is 54.8 Å². The Morgan fingerprint density at radius 2 is 1.58 bits per heavy atom. The number of fused-ring (bicyclic) bond motifs is 18. The number of H-pyrrole nitrogens is 1. The second-order valence-electron chi connectivity index (χ2n) is 21.5. The summed E-state index contributed by atoms with van der Waals surface area (Å²) in [5, 5.41) is 50.0. The second-order valence-corrected chi connectivity index (χ2v) is 23.4. The summed E-state index contributed by atoms with van der Waals surface area (Å²) in [5.41, 5.74) is 5.75. The topological polar surface area (TPSA) is 396 Å². The minimum atomic E-state index is -1.79. The molecule has 0 saturated carbocycles. The number of aromatic nitrogens is 1. The Bertz CT molecular complexity index is 2720. The summed E-state index contributed by atoms with van der Waals surface area (Å²) in [5.74, 6) is -9.43. The van der Waals surface area contributed by atoms with E-state index in [9.17, 15) is 67.8 Å². The van der Waals surface area contributed by atoms with Crippen molar-refractivity contribution in [2.45, 2.75) is 144 Å². The first kappa shape index (κ1) is 61.7. The Morgan fingerprint density at radius 3 is 2.20 bits per heavy atom. The van der Waals surface area contributed by atoms with Crippen LogP contribution in [0.1, 0.15) is 79.2 Å². The monoisotopic (exact) mass is 1140 g/mol. The third-order valence-electron chi connectivity index (χ3n) is 14.7. The SMILES string of the molecule is CC[C@H](C)[C@@H]1NC(=O)CNC(=O)[C@H](Cc2c([S+](C)[O-])[nH]c3cc(OCC(C)CC(C)(C)N4C(=O)CC(S)C4=O)ccc23)NC(=O)[C@H]([C@@H](C)[C@@H](O)CO)NC(=O)[C@@H]2C[C@@H](O)CN2C(=O)[C@H](CC(N)=O)NC(=O)[C@@H]2C=C(CNC1=O)N2. The number of aliphatic hydroxyl groups is 3. The third kappa shape index (κ3) is 14.9. The molecule has 10 amide bonds. The molecule has 13 N–H and O–H groups in total. The maximum absolute atomic E-state index is 14.7. The highest BCUT2D eigenvalue weighted by atomic mass is 32.2. The van der Waals surface area contributed by atoms with Crippen molar-refractivity contribution < 1.29 is 72.6 Å². The number of nitrogens with two attached hydrogens (primary N) is 1. The van der Waals surface area contributed by atoms with Gasteiger partial charge in [-0.15, -0.1) is 0 Å². The largest absolute Gasteiger partial charge is 0.610 e. The van der Waals surface area contributed by atoms with Crippen molar-refractivity contribution >= 4 is 93.8 Å². The van der Waals surface area contributed by atoms with Crippen LogP contribution in [0.5, 0.6) is 5.75 Å². The van der Waals surface area contributed by atoms with E-state index in [0.29, 0.717) is 35.2 Å². The molecule has 26 nitrogen and oxygen atoms in total. The molecule has 0 aliphatic carbocycles. The number of hydrogen-bond donors (Lipinski definition) is 13. The zero-order chi connectivity index (χ0) is 58.4. The van der Waals surface area contributed by atoms with Crippen LogP contribution in [0.2, 0.25) is 0 Å². The molecule has 2 aromatic rings. The molecule has 2 bridgehead atoms. The first-order chi connectivity index (χ1) is 37.1. The number of aliphatic hydroxyl groups excluding tert-OH is 3. The standard InChI is InChI=1S/C51H73N11O15S2/c1-8-24(3)41-46(72)53-18-26-11-32(55-26)44(70)57-34(15-38(52)66)49(74)61-20-27(64)12-35(61)45(71)60-42(25(4)36(65)21-63)47(73)56-33(43(69)54-19-39(67)59-41)14-30-29-10-9-28(13-31(29)58-48(30)79(7)76)77-22-23(2)17-51(5,6)62-40(68)16-37(78)50(62)75/h9-11,13,23-25,27,32-37,41-42,55,58,63-65,78H,8,12,14-22H2,1-7H3,(H2,52,66)(H,53,72)(H,54,69)(H,56,73)(H,57,70)(H,59,67)(H,60,71)/t23?,24-,25-,27+,32-,33-,34-,35-,36-,37?,41-,42-,79?/m0/s1. The summed E-state index contributed by atoms with van der Waals surface area (Å²) in [6, 6.07) is -3.84. The molecule has 6 heterocycles. The Balaban J connectivity index is 1.33. The molecule has 1 aromatic heterocycles. The number of hydrogen-bond acceptors (Lipinski definition) is 17. The van der Waals surface area contributed by atoms with Gasteiger partial charge in [0.2, 0.25) is 64.1 Å². The van der Waals surface area contributed by atoms with Gasteiger partial charge in [0.05, 0.1) is 55.7 Å². The molecule has 0 spiro atoms. The first-order valence-electron chi connectivity index (χ1n) is 26.1. The average Bonchev–Trinajstić information content (AvgIpc) is 4.09. The van der Waals surface area contributed by atoms with E-state index in [1.807, 2.05) is 6.92 Å². The lowest BCUT2D eigenvalue weighted by Crippen LogP contribution is -2.62. The summed E-state index contributed by atoms with van der Waals surface area (Å²) < 4.78 is 19.6. The number of nitrogens with zero attached hydrogens (tertiary/aromatic N) is 2. The van der Waals surface area contributed by atoms with Crippen LogP contribution in [0.25, 0.3) is 10.9 Å². The quantitative estimate of drug-likeness (QED) is 0.0337. The lowest BCUT2D eigenvalue weighted by atomic mass is 9.90. The van der Waals surface area contributed by atoms with E-state index < -0.39 is 162 Å². The molecule has 5 aliphatic heterocycles. The van der Waals surface area contributed by atoms with Gasteiger partial charge >= 0.3 is 0 Å². The fourth-order valence-corrected chi connectivity index (χ4v) is 11.4. The van der Waals surface area contributed by atoms with Crippen LogP contribution >= 0.6 is 12.6 Å². The number of nitrogens with one attached hydrogen (secondary N) is 8. The average molecular weight is 1140 g/mol.